The first-order valence-corrected chi connectivity index (χ1v) is 9.90. The van der Waals surface area contributed by atoms with Gasteiger partial charge in [0, 0.05) is 24.4 Å². The van der Waals surface area contributed by atoms with E-state index in [1.54, 1.807) is 48.7 Å². The number of nitro benzene ring substituents is 1. The van der Waals surface area contributed by atoms with Gasteiger partial charge in [-0.05, 0) is 29.8 Å². The monoisotopic (exact) mass is 414 g/mol. The Morgan fingerprint density at radius 2 is 1.48 bits per heavy atom. The number of anilines is 1. The molecular weight excluding hydrogens is 396 g/mol. The molecule has 0 spiro atoms. The zero-order valence-electron chi connectivity index (χ0n) is 16.3. The van der Waals surface area contributed by atoms with Gasteiger partial charge in [0.25, 0.3) is 5.69 Å². The molecule has 0 radical (unpaired) electrons. The van der Waals surface area contributed by atoms with Crippen molar-refractivity contribution in [1.29, 1.82) is 0 Å². The lowest BCUT2D eigenvalue weighted by atomic mass is 9.85. The van der Waals surface area contributed by atoms with E-state index in [0.29, 0.717) is 11.4 Å². The average molecular weight is 414 g/mol. The first kappa shape index (κ1) is 19.1. The van der Waals surface area contributed by atoms with E-state index in [2.05, 4.69) is 10.3 Å². The number of aromatic nitrogens is 1. The molecule has 0 saturated carbocycles. The van der Waals surface area contributed by atoms with Crippen LogP contribution in [0, 0.1) is 22.0 Å². The lowest BCUT2D eigenvalue weighted by Gasteiger charge is -2.22. The molecule has 8 nitrogen and oxygen atoms in total. The van der Waals surface area contributed by atoms with E-state index in [9.17, 15) is 19.7 Å². The normalized spacial score (nSPS) is 25.0. The Labute approximate surface area is 177 Å². The van der Waals surface area contributed by atoms with Crippen LogP contribution in [-0.4, -0.2) is 21.7 Å². The Bertz CT molecular complexity index is 1150. The van der Waals surface area contributed by atoms with Gasteiger partial charge in [0.1, 0.15) is 0 Å². The highest BCUT2D eigenvalue weighted by Gasteiger charge is 2.60. The molecule has 0 aliphatic carbocycles. The summed E-state index contributed by atoms with van der Waals surface area (Å²) in [6.07, 6.45) is 1.65. The Morgan fingerprint density at radius 3 is 2.10 bits per heavy atom. The summed E-state index contributed by atoms with van der Waals surface area (Å²) in [5.74, 6) is -1.81. The minimum atomic E-state index is -0.638. The van der Waals surface area contributed by atoms with Crippen LogP contribution in [0.1, 0.15) is 23.3 Å². The van der Waals surface area contributed by atoms with Gasteiger partial charge in [-0.3, -0.25) is 24.7 Å². The maximum atomic E-state index is 13.5. The summed E-state index contributed by atoms with van der Waals surface area (Å²) in [7, 11) is 0. The van der Waals surface area contributed by atoms with Crippen LogP contribution in [0.5, 0.6) is 0 Å². The molecule has 2 aliphatic heterocycles. The predicted molar refractivity (Wildman–Crippen MR) is 112 cm³/mol. The predicted octanol–water partition coefficient (Wildman–Crippen LogP) is 3.18. The fourth-order valence-electron chi connectivity index (χ4n) is 4.58. The molecule has 8 heteroatoms. The van der Waals surface area contributed by atoms with Crippen molar-refractivity contribution in [2.75, 3.05) is 4.90 Å². The number of carbonyl (C=O) groups is 2. The number of benzene rings is 2. The quantitative estimate of drug-likeness (QED) is 0.399. The molecule has 3 aromatic rings. The van der Waals surface area contributed by atoms with Crippen molar-refractivity contribution < 1.29 is 14.5 Å². The molecule has 31 heavy (non-hydrogen) atoms. The molecule has 2 aromatic carbocycles. The Morgan fingerprint density at radius 1 is 0.839 bits per heavy atom. The molecule has 0 bridgehead atoms. The van der Waals surface area contributed by atoms with E-state index in [1.165, 1.54) is 17.0 Å². The molecule has 154 valence electrons. The zero-order valence-corrected chi connectivity index (χ0v) is 16.3. The molecule has 4 atom stereocenters. The van der Waals surface area contributed by atoms with E-state index in [0.717, 1.165) is 5.56 Å². The molecule has 2 amide bonds. The van der Waals surface area contributed by atoms with Crippen molar-refractivity contribution in [1.82, 2.24) is 10.3 Å². The van der Waals surface area contributed by atoms with Gasteiger partial charge in [-0.1, -0.05) is 36.4 Å². The number of hydrogen-bond donors (Lipinski definition) is 1. The Balaban J connectivity index is 1.58. The fraction of sp³-hybridized carbons (Fsp3) is 0.174. The zero-order chi connectivity index (χ0) is 21.5. The number of imide groups is 1. The van der Waals surface area contributed by atoms with Gasteiger partial charge in [-0.2, -0.15) is 0 Å². The molecule has 3 heterocycles. The minimum Gasteiger partial charge on any atom is -0.300 e. The van der Waals surface area contributed by atoms with E-state index in [4.69, 9.17) is 0 Å². The van der Waals surface area contributed by atoms with Crippen LogP contribution in [0.2, 0.25) is 0 Å². The number of fused-ring (bicyclic) bond motifs is 1. The number of pyridine rings is 1. The standard InChI is InChI=1S/C23H18N4O4/c28-22-18-19(23(29)26(22)15-6-2-1-3-7-15)21(17-8-4-5-13-24-17)25-20(18)14-9-11-16(12-10-14)27(30)31/h1-13,18-21,25H/t18-,19+,20+,21-/m1/s1. The minimum absolute atomic E-state index is 0.0284. The average Bonchev–Trinajstić information content (AvgIpc) is 3.32. The lowest BCUT2D eigenvalue weighted by molar-refractivity contribution is -0.384. The Hall–Kier alpha value is -3.91. The van der Waals surface area contributed by atoms with Crippen LogP contribution in [0.15, 0.2) is 79.0 Å². The van der Waals surface area contributed by atoms with Crippen molar-refractivity contribution in [3.8, 4) is 0 Å². The smallest absolute Gasteiger partial charge is 0.269 e. The second kappa shape index (κ2) is 7.41. The summed E-state index contributed by atoms with van der Waals surface area (Å²) in [5.41, 5.74) is 1.90. The number of non-ortho nitro benzene ring substituents is 1. The number of nitrogens with one attached hydrogen (secondary N) is 1. The van der Waals surface area contributed by atoms with Crippen LogP contribution in [0.25, 0.3) is 0 Å². The highest BCUT2D eigenvalue weighted by molar-refractivity contribution is 6.22. The lowest BCUT2D eigenvalue weighted by Crippen LogP contribution is -2.36. The van der Waals surface area contributed by atoms with Crippen LogP contribution in [-0.2, 0) is 9.59 Å². The maximum Gasteiger partial charge on any atom is 0.269 e. The van der Waals surface area contributed by atoms with Gasteiger partial charge >= 0.3 is 0 Å². The Kier molecular flexibility index (Phi) is 4.56. The van der Waals surface area contributed by atoms with E-state index in [-0.39, 0.29) is 17.5 Å². The van der Waals surface area contributed by atoms with Gasteiger partial charge in [-0.15, -0.1) is 0 Å². The van der Waals surface area contributed by atoms with Crippen molar-refractivity contribution in [2.24, 2.45) is 11.8 Å². The first-order valence-electron chi connectivity index (χ1n) is 9.90. The highest BCUT2D eigenvalue weighted by Crippen LogP contribution is 2.50. The number of hydrogen-bond acceptors (Lipinski definition) is 6. The number of nitro groups is 1. The second-order valence-corrected chi connectivity index (χ2v) is 7.62. The molecule has 2 saturated heterocycles. The summed E-state index contributed by atoms with van der Waals surface area (Å²) < 4.78 is 0. The molecule has 2 aliphatic rings. The van der Waals surface area contributed by atoms with Crippen LogP contribution in [0.4, 0.5) is 11.4 Å². The maximum absolute atomic E-state index is 13.5. The first-order chi connectivity index (χ1) is 15.1. The number of para-hydroxylation sites is 1. The van der Waals surface area contributed by atoms with Gasteiger partial charge < -0.3 is 5.32 Å². The topological polar surface area (TPSA) is 105 Å². The SMILES string of the molecule is O=C1[C@@H]2[C@H](C(=O)N1c1ccccc1)[C@@H](c1ccccn1)N[C@H]2c1ccc([N+](=O)[O-])cc1. The molecule has 1 N–H and O–H groups in total. The van der Waals surface area contributed by atoms with Crippen molar-refractivity contribution >= 4 is 23.2 Å². The van der Waals surface area contributed by atoms with Crippen molar-refractivity contribution in [3.63, 3.8) is 0 Å². The van der Waals surface area contributed by atoms with E-state index < -0.39 is 28.8 Å². The second-order valence-electron chi connectivity index (χ2n) is 7.62. The van der Waals surface area contributed by atoms with E-state index >= 15 is 0 Å². The number of carbonyl (C=O) groups excluding carboxylic acids is 2. The molecule has 0 unspecified atom stereocenters. The van der Waals surface area contributed by atoms with Gasteiger partial charge in [0.15, 0.2) is 0 Å². The third-order valence-electron chi connectivity index (χ3n) is 5.96. The summed E-state index contributed by atoms with van der Waals surface area (Å²) in [6.45, 7) is 0. The third kappa shape index (κ3) is 3.08. The summed E-state index contributed by atoms with van der Waals surface area (Å²) in [4.78, 5) is 43.1. The van der Waals surface area contributed by atoms with Crippen molar-refractivity contribution in [3.05, 3.63) is 100 Å². The summed E-state index contributed by atoms with van der Waals surface area (Å²) >= 11 is 0. The largest absolute Gasteiger partial charge is 0.300 e. The molecule has 2 fully saturated rings. The van der Waals surface area contributed by atoms with E-state index in [1.807, 2.05) is 18.2 Å². The third-order valence-corrected chi connectivity index (χ3v) is 5.96. The van der Waals surface area contributed by atoms with Crippen molar-refractivity contribution in [2.45, 2.75) is 12.1 Å². The van der Waals surface area contributed by atoms with Crippen LogP contribution < -0.4 is 10.2 Å². The highest BCUT2D eigenvalue weighted by atomic mass is 16.6. The van der Waals surface area contributed by atoms with Gasteiger partial charge in [-0.25, -0.2) is 4.90 Å². The van der Waals surface area contributed by atoms with Gasteiger partial charge in [0.05, 0.1) is 34.2 Å². The number of amides is 2. The summed E-state index contributed by atoms with van der Waals surface area (Å²) in [6, 6.07) is 19.5. The summed E-state index contributed by atoms with van der Waals surface area (Å²) in [5, 5.41) is 14.4. The van der Waals surface area contributed by atoms with Crippen LogP contribution in [0.3, 0.4) is 0 Å². The number of nitrogens with zero attached hydrogens (tertiary/aromatic N) is 3. The molecular formula is C23H18N4O4. The molecule has 1 aromatic heterocycles. The number of rotatable bonds is 4. The fourth-order valence-corrected chi connectivity index (χ4v) is 4.58. The van der Waals surface area contributed by atoms with Crippen LogP contribution >= 0.6 is 0 Å². The molecule has 5 rings (SSSR count). The van der Waals surface area contributed by atoms with Gasteiger partial charge in [0.2, 0.25) is 11.8 Å².